The molecular formula is C26H24BrN5O5. The molecule has 0 radical (unpaired) electrons. The Labute approximate surface area is 221 Å². The van der Waals surface area contributed by atoms with Crippen molar-refractivity contribution in [3.63, 3.8) is 0 Å². The van der Waals surface area contributed by atoms with Gasteiger partial charge in [-0.2, -0.15) is 5.10 Å². The lowest BCUT2D eigenvalue weighted by Gasteiger charge is -2.14. The molecule has 0 fully saturated rings. The van der Waals surface area contributed by atoms with Gasteiger partial charge in [0.2, 0.25) is 5.75 Å². The van der Waals surface area contributed by atoms with Gasteiger partial charge in [0.25, 0.3) is 5.91 Å². The maximum atomic E-state index is 13.0. The predicted octanol–water partition coefficient (Wildman–Crippen LogP) is 5.56. The number of nitrogens with one attached hydrogen (secondary N) is 3. The topological polar surface area (TPSA) is 116 Å². The summed E-state index contributed by atoms with van der Waals surface area (Å²) in [5.74, 6) is 0.935. The van der Waals surface area contributed by atoms with Crippen molar-refractivity contribution in [3.05, 3.63) is 83.1 Å². The third-order valence-corrected chi connectivity index (χ3v) is 5.95. The third kappa shape index (κ3) is 6.01. The first-order chi connectivity index (χ1) is 17.9. The summed E-state index contributed by atoms with van der Waals surface area (Å²) in [5.41, 5.74) is 2.64. The molecule has 0 aliphatic heterocycles. The Balaban J connectivity index is 1.47. The zero-order chi connectivity index (χ0) is 26.4. The largest absolute Gasteiger partial charge is 0.493 e. The van der Waals surface area contributed by atoms with Crippen LogP contribution < -0.4 is 30.2 Å². The molecule has 37 heavy (non-hydrogen) atoms. The van der Waals surface area contributed by atoms with E-state index in [2.05, 4.69) is 37.0 Å². The van der Waals surface area contributed by atoms with E-state index in [-0.39, 0.29) is 5.91 Å². The highest BCUT2D eigenvalue weighted by atomic mass is 79.9. The van der Waals surface area contributed by atoms with Crippen molar-refractivity contribution < 1.29 is 23.8 Å². The molecule has 0 saturated carbocycles. The van der Waals surface area contributed by atoms with Crippen LogP contribution in [-0.2, 0) is 0 Å². The van der Waals surface area contributed by atoms with Crippen LogP contribution in [0.4, 0.5) is 21.9 Å². The molecule has 10 nitrogen and oxygen atoms in total. The van der Waals surface area contributed by atoms with Crippen LogP contribution >= 0.6 is 15.9 Å². The molecule has 0 saturated heterocycles. The molecule has 11 heteroatoms. The number of carbonyl (C=O) groups is 2. The number of amides is 3. The average molecular weight is 566 g/mol. The van der Waals surface area contributed by atoms with Crippen LogP contribution in [-0.4, -0.2) is 43.0 Å². The summed E-state index contributed by atoms with van der Waals surface area (Å²) >= 11 is 3.40. The van der Waals surface area contributed by atoms with Gasteiger partial charge in [-0.05, 0) is 46.3 Å². The van der Waals surface area contributed by atoms with E-state index in [0.717, 1.165) is 4.47 Å². The third-order valence-electron chi connectivity index (χ3n) is 5.26. The Morgan fingerprint density at radius 3 is 2.24 bits per heavy atom. The van der Waals surface area contributed by atoms with Gasteiger partial charge < -0.3 is 30.2 Å². The van der Waals surface area contributed by atoms with Crippen molar-refractivity contribution in [3.8, 4) is 22.9 Å². The Hall–Kier alpha value is -4.51. The van der Waals surface area contributed by atoms with Gasteiger partial charge in [0.1, 0.15) is 0 Å². The first kappa shape index (κ1) is 25.6. The molecule has 4 rings (SSSR count). The molecule has 3 aromatic carbocycles. The van der Waals surface area contributed by atoms with Crippen LogP contribution in [0.15, 0.2) is 77.5 Å². The zero-order valence-corrected chi connectivity index (χ0v) is 21.8. The minimum atomic E-state index is -0.412. The summed E-state index contributed by atoms with van der Waals surface area (Å²) < 4.78 is 18.3. The molecule has 1 aromatic heterocycles. The molecular weight excluding hydrogens is 542 g/mol. The van der Waals surface area contributed by atoms with Gasteiger partial charge in [-0.3, -0.25) is 4.79 Å². The Morgan fingerprint density at radius 1 is 0.838 bits per heavy atom. The summed E-state index contributed by atoms with van der Waals surface area (Å²) in [7, 11) is 4.52. The number of urea groups is 1. The fourth-order valence-corrected chi connectivity index (χ4v) is 3.91. The quantitative estimate of drug-likeness (QED) is 0.257. The molecule has 0 atom stereocenters. The van der Waals surface area contributed by atoms with Gasteiger partial charge in [0.15, 0.2) is 11.5 Å². The molecule has 4 aromatic rings. The number of methoxy groups -OCH3 is 3. The Morgan fingerprint density at radius 2 is 1.57 bits per heavy atom. The summed E-state index contributed by atoms with van der Waals surface area (Å²) in [6.07, 6.45) is 3.16. The van der Waals surface area contributed by atoms with Gasteiger partial charge in [0.05, 0.1) is 50.8 Å². The number of nitrogens with zero attached hydrogens (tertiary/aromatic N) is 2. The standard InChI is InChI=1S/C26H24BrN5O5/c1-35-22-12-17(13-23(36-2)24(22)37-3)29-25(33)16-7-6-8-19(11-16)32-15-18(14-28-32)30-26(34)31-21-10-5-4-9-20(21)27/h4-15H,1-3H3,(H,29,33)(H2,30,31,34). The molecule has 1 heterocycles. The molecule has 3 amide bonds. The smallest absolute Gasteiger partial charge is 0.323 e. The number of hydrogen-bond donors (Lipinski definition) is 3. The van der Waals surface area contributed by atoms with E-state index in [1.54, 1.807) is 53.3 Å². The van der Waals surface area contributed by atoms with E-state index in [1.807, 2.05) is 18.2 Å². The minimum Gasteiger partial charge on any atom is -0.493 e. The second-order valence-corrected chi connectivity index (χ2v) is 8.51. The lowest BCUT2D eigenvalue weighted by atomic mass is 10.1. The molecule has 0 spiro atoms. The van der Waals surface area contributed by atoms with Crippen molar-refractivity contribution in [2.75, 3.05) is 37.3 Å². The number of hydrogen-bond acceptors (Lipinski definition) is 6. The number of carbonyl (C=O) groups excluding carboxylic acids is 2. The highest BCUT2D eigenvalue weighted by molar-refractivity contribution is 9.10. The summed E-state index contributed by atoms with van der Waals surface area (Å²) in [5, 5.41) is 12.6. The maximum Gasteiger partial charge on any atom is 0.323 e. The first-order valence-electron chi connectivity index (χ1n) is 11.0. The van der Waals surface area contributed by atoms with Crippen molar-refractivity contribution in [2.45, 2.75) is 0 Å². The first-order valence-corrected chi connectivity index (χ1v) is 11.8. The molecule has 0 aliphatic rings. The predicted molar refractivity (Wildman–Crippen MR) is 144 cm³/mol. The van der Waals surface area contributed by atoms with E-state index < -0.39 is 6.03 Å². The maximum absolute atomic E-state index is 13.0. The zero-order valence-electron chi connectivity index (χ0n) is 20.2. The summed E-state index contributed by atoms with van der Waals surface area (Å²) in [6.45, 7) is 0. The van der Waals surface area contributed by atoms with E-state index in [4.69, 9.17) is 14.2 Å². The molecule has 190 valence electrons. The second-order valence-electron chi connectivity index (χ2n) is 7.65. The second kappa shape index (κ2) is 11.5. The average Bonchev–Trinajstić information content (AvgIpc) is 3.37. The number of rotatable bonds is 8. The minimum absolute atomic E-state index is 0.338. The highest BCUT2D eigenvalue weighted by Crippen LogP contribution is 2.40. The number of ether oxygens (including phenoxy) is 3. The van der Waals surface area contributed by atoms with E-state index in [1.165, 1.54) is 27.5 Å². The molecule has 3 N–H and O–H groups in total. The van der Waals surface area contributed by atoms with Crippen LogP contribution in [0.3, 0.4) is 0 Å². The van der Waals surface area contributed by atoms with Crippen LogP contribution in [0.25, 0.3) is 5.69 Å². The Bertz CT molecular complexity index is 1410. The number of anilines is 3. The monoisotopic (exact) mass is 565 g/mol. The lowest BCUT2D eigenvalue weighted by Crippen LogP contribution is -2.19. The highest BCUT2D eigenvalue weighted by Gasteiger charge is 2.16. The van der Waals surface area contributed by atoms with Crippen molar-refractivity contribution in [1.29, 1.82) is 0 Å². The number of para-hydroxylation sites is 1. The van der Waals surface area contributed by atoms with E-state index in [0.29, 0.717) is 45.6 Å². The van der Waals surface area contributed by atoms with Gasteiger partial charge in [-0.1, -0.05) is 18.2 Å². The number of aromatic nitrogens is 2. The Kier molecular flexibility index (Phi) is 7.94. The van der Waals surface area contributed by atoms with Crippen LogP contribution in [0.2, 0.25) is 0 Å². The number of benzene rings is 3. The summed E-state index contributed by atoms with van der Waals surface area (Å²) in [4.78, 5) is 25.4. The molecule has 0 bridgehead atoms. The van der Waals surface area contributed by atoms with Crippen molar-refractivity contribution in [2.24, 2.45) is 0 Å². The van der Waals surface area contributed by atoms with Gasteiger partial charge in [0, 0.05) is 27.9 Å². The van der Waals surface area contributed by atoms with Gasteiger partial charge in [-0.25, -0.2) is 9.48 Å². The van der Waals surface area contributed by atoms with Gasteiger partial charge in [-0.15, -0.1) is 0 Å². The summed E-state index contributed by atoms with van der Waals surface area (Å²) in [6, 6.07) is 17.1. The van der Waals surface area contributed by atoms with E-state index >= 15 is 0 Å². The molecule has 0 unspecified atom stereocenters. The SMILES string of the molecule is COc1cc(NC(=O)c2cccc(-n3cc(NC(=O)Nc4ccccc4Br)cn3)c2)cc(OC)c1OC. The lowest BCUT2D eigenvalue weighted by molar-refractivity contribution is 0.102. The fourth-order valence-electron chi connectivity index (χ4n) is 3.52. The van der Waals surface area contributed by atoms with E-state index in [9.17, 15) is 9.59 Å². The van der Waals surface area contributed by atoms with Crippen LogP contribution in [0.1, 0.15) is 10.4 Å². The van der Waals surface area contributed by atoms with Crippen LogP contribution in [0, 0.1) is 0 Å². The van der Waals surface area contributed by atoms with Gasteiger partial charge >= 0.3 is 6.03 Å². The molecule has 0 aliphatic carbocycles. The normalized spacial score (nSPS) is 10.4. The number of halogens is 1. The van der Waals surface area contributed by atoms with Crippen molar-refractivity contribution in [1.82, 2.24) is 9.78 Å². The fraction of sp³-hybridized carbons (Fsp3) is 0.115. The van der Waals surface area contributed by atoms with Crippen molar-refractivity contribution >= 4 is 44.9 Å². The van der Waals surface area contributed by atoms with Crippen LogP contribution in [0.5, 0.6) is 17.2 Å².